The van der Waals surface area contributed by atoms with E-state index < -0.39 is 20.8 Å². The predicted octanol–water partition coefficient (Wildman–Crippen LogP) is 12.9. The van der Waals surface area contributed by atoms with Crippen molar-refractivity contribution >= 4 is 46.4 Å². The molecule has 0 saturated carbocycles. The van der Waals surface area contributed by atoms with Gasteiger partial charge in [-0.1, -0.05) is 121 Å². The Hall–Kier alpha value is -4.68. The standard InChI is InChI=1S/C31H28N3O.C18H24NSi.Ir/c1-18(2)21-10-8-11-22(19(3)4)28(21)34-27-15-7-6-14-26(27)33-30(34)25-13-9-12-23-24-17-16-20(5)32-31(24)35-29(23)25;1-13(2)16-11-17(15-9-7-14(3)8-10-15)19-12-18(16)20(4,5)6;/h6-12,14-19H,1-5H3;7-9,11-13H,1-6H3;/q2*-1;/i;3D3,13D;. The van der Waals surface area contributed by atoms with Crippen LogP contribution in [0.15, 0.2) is 102 Å². The summed E-state index contributed by atoms with van der Waals surface area (Å²) < 4.78 is 39.5. The molecule has 7 heteroatoms. The largest absolute Gasteiger partial charge is 0.486 e. The molecule has 56 heavy (non-hydrogen) atoms. The van der Waals surface area contributed by atoms with Crippen molar-refractivity contribution in [2.24, 2.45) is 0 Å². The number of fused-ring (bicyclic) bond motifs is 4. The summed E-state index contributed by atoms with van der Waals surface area (Å²) in [4.78, 5) is 14.3. The van der Waals surface area contributed by atoms with Crippen LogP contribution in [0.4, 0.5) is 0 Å². The number of nitrogens with zero attached hydrogens (tertiary/aromatic N) is 4. The minimum absolute atomic E-state index is 0. The number of hydrogen-bond acceptors (Lipinski definition) is 4. The number of imidazole rings is 1. The van der Waals surface area contributed by atoms with Gasteiger partial charge < -0.3 is 14.0 Å². The first-order valence-corrected chi connectivity index (χ1v) is 22.6. The summed E-state index contributed by atoms with van der Waals surface area (Å²) in [5.41, 5.74) is 11.8. The molecule has 0 atom stereocenters. The molecule has 8 rings (SSSR count). The maximum absolute atomic E-state index is 8.48. The summed E-state index contributed by atoms with van der Waals surface area (Å²) in [6, 6.07) is 36.4. The predicted molar refractivity (Wildman–Crippen MR) is 234 cm³/mol. The third kappa shape index (κ3) is 7.95. The van der Waals surface area contributed by atoms with Crippen LogP contribution < -0.4 is 5.19 Å². The van der Waals surface area contributed by atoms with Gasteiger partial charge in [0.2, 0.25) is 5.71 Å². The number of rotatable bonds is 7. The van der Waals surface area contributed by atoms with Gasteiger partial charge in [-0.25, -0.2) is 4.98 Å². The molecule has 289 valence electrons. The van der Waals surface area contributed by atoms with Crippen molar-refractivity contribution in [1.29, 1.82) is 0 Å². The topological polar surface area (TPSA) is 56.7 Å². The Kier molecular flexibility index (Phi) is 10.5. The van der Waals surface area contributed by atoms with Gasteiger partial charge in [-0.15, -0.1) is 53.6 Å². The van der Waals surface area contributed by atoms with Crippen molar-refractivity contribution in [2.75, 3.05) is 0 Å². The first kappa shape index (κ1) is 35.7. The Morgan fingerprint density at radius 1 is 0.804 bits per heavy atom. The van der Waals surface area contributed by atoms with E-state index in [1.54, 1.807) is 12.1 Å². The number of hydrogen-bond donors (Lipinski definition) is 0. The molecule has 0 spiro atoms. The van der Waals surface area contributed by atoms with Gasteiger partial charge in [0.05, 0.1) is 30.5 Å². The molecule has 0 saturated heterocycles. The van der Waals surface area contributed by atoms with Crippen molar-refractivity contribution in [2.45, 2.75) is 92.7 Å². The average molecular weight is 937 g/mol. The number of pyridine rings is 2. The molecule has 8 aromatic rings. The summed E-state index contributed by atoms with van der Waals surface area (Å²) in [5, 5.41) is 3.22. The van der Waals surface area contributed by atoms with Gasteiger partial charge in [0, 0.05) is 48.6 Å². The van der Waals surface area contributed by atoms with E-state index in [4.69, 9.17) is 14.9 Å². The number of para-hydroxylation sites is 3. The summed E-state index contributed by atoms with van der Waals surface area (Å²) in [6.07, 6.45) is 1.89. The Bertz CT molecular complexity index is 2790. The summed E-state index contributed by atoms with van der Waals surface area (Å²) in [5.74, 6) is 0.834. The maximum atomic E-state index is 8.48. The molecule has 0 aliphatic heterocycles. The molecule has 0 bridgehead atoms. The van der Waals surface area contributed by atoms with E-state index in [1.165, 1.54) is 28.1 Å². The monoisotopic (exact) mass is 937 g/mol. The second-order valence-electron chi connectivity index (χ2n) is 16.2. The number of aryl methyl sites for hydroxylation is 2. The third-order valence-corrected chi connectivity index (χ3v) is 12.1. The van der Waals surface area contributed by atoms with Crippen molar-refractivity contribution in [3.8, 4) is 28.3 Å². The smallest absolute Gasteiger partial charge is 0.216 e. The van der Waals surface area contributed by atoms with E-state index in [1.807, 2.05) is 51.2 Å². The molecule has 0 unspecified atom stereocenters. The van der Waals surface area contributed by atoms with E-state index in [0.29, 0.717) is 17.5 Å². The fraction of sp³-hybridized carbons (Fsp3) is 0.286. The minimum atomic E-state index is -2.13. The van der Waals surface area contributed by atoms with Gasteiger partial charge in [0.15, 0.2) is 0 Å². The SMILES string of the molecule is Cc1ccc2c(n1)oc1c(-c3nc4ccccc4n3-c3c(C(C)C)cccc3C(C)C)[c-]ccc12.[2H]C([2H])([2H])c1c[c-]c(-c2cc(C([2H])(C)C)c([Si](C)(C)C)cn2)cc1.[Ir]. The zero-order valence-electron chi connectivity index (χ0n) is 37.9. The number of benzene rings is 4. The quantitative estimate of drug-likeness (QED) is 0.118. The average Bonchev–Trinajstić information content (AvgIpc) is 3.74. The summed E-state index contributed by atoms with van der Waals surface area (Å²) in [7, 11) is -1.61. The van der Waals surface area contributed by atoms with Crippen LogP contribution in [0.1, 0.15) is 92.7 Å². The van der Waals surface area contributed by atoms with E-state index in [-0.39, 0.29) is 25.7 Å². The molecule has 4 aromatic carbocycles. The van der Waals surface area contributed by atoms with Crippen LogP contribution >= 0.6 is 0 Å². The number of furan rings is 1. The van der Waals surface area contributed by atoms with Gasteiger partial charge in [-0.05, 0) is 70.9 Å². The van der Waals surface area contributed by atoms with Crippen LogP contribution in [-0.2, 0) is 20.1 Å². The van der Waals surface area contributed by atoms with Crippen molar-refractivity contribution in [1.82, 2.24) is 19.5 Å². The first-order valence-electron chi connectivity index (χ1n) is 21.1. The van der Waals surface area contributed by atoms with Crippen molar-refractivity contribution in [3.63, 3.8) is 0 Å². The van der Waals surface area contributed by atoms with Crippen LogP contribution in [0, 0.1) is 25.9 Å². The van der Waals surface area contributed by atoms with Gasteiger partial charge in [-0.3, -0.25) is 4.98 Å². The van der Waals surface area contributed by atoms with Gasteiger partial charge in [-0.2, -0.15) is 0 Å². The van der Waals surface area contributed by atoms with Crippen LogP contribution in [0.2, 0.25) is 19.6 Å². The van der Waals surface area contributed by atoms with Crippen LogP contribution in [0.25, 0.3) is 61.4 Å². The molecular weight excluding hydrogens is 881 g/mol. The zero-order valence-corrected chi connectivity index (χ0v) is 37.3. The molecule has 0 aliphatic rings. The van der Waals surface area contributed by atoms with Crippen molar-refractivity contribution in [3.05, 3.63) is 137 Å². The Morgan fingerprint density at radius 2 is 1.54 bits per heavy atom. The fourth-order valence-corrected chi connectivity index (χ4v) is 8.85. The Balaban J connectivity index is 0.000000213. The summed E-state index contributed by atoms with van der Waals surface area (Å²) in [6.45, 7) is 19.4. The fourth-order valence-electron chi connectivity index (χ4n) is 7.27. The molecule has 0 N–H and O–H groups in total. The molecular formula is C49H52IrN4OSi-2. The van der Waals surface area contributed by atoms with Gasteiger partial charge in [0.25, 0.3) is 0 Å². The van der Waals surface area contributed by atoms with Crippen LogP contribution in [-0.4, -0.2) is 27.6 Å². The van der Waals surface area contributed by atoms with E-state index in [0.717, 1.165) is 61.3 Å². The number of aromatic nitrogens is 4. The second kappa shape index (κ2) is 16.4. The van der Waals surface area contributed by atoms with E-state index in [9.17, 15) is 0 Å². The molecule has 0 aliphatic carbocycles. The van der Waals surface area contributed by atoms with Crippen LogP contribution in [0.3, 0.4) is 0 Å². The van der Waals surface area contributed by atoms with Gasteiger partial charge >= 0.3 is 0 Å². The van der Waals surface area contributed by atoms with E-state index >= 15 is 0 Å². The first-order chi connectivity index (χ1) is 27.7. The van der Waals surface area contributed by atoms with Crippen LogP contribution in [0.5, 0.6) is 0 Å². The summed E-state index contributed by atoms with van der Waals surface area (Å²) >= 11 is 0. The normalized spacial score (nSPS) is 13.3. The maximum Gasteiger partial charge on any atom is 0.216 e. The molecule has 4 aromatic heterocycles. The third-order valence-electron chi connectivity index (χ3n) is 10.1. The molecule has 1 radical (unpaired) electrons. The second-order valence-corrected chi connectivity index (χ2v) is 21.3. The Morgan fingerprint density at radius 3 is 2.18 bits per heavy atom. The minimum Gasteiger partial charge on any atom is -0.486 e. The molecule has 0 fully saturated rings. The van der Waals surface area contributed by atoms with Gasteiger partial charge in [0.1, 0.15) is 0 Å². The molecule has 4 heterocycles. The molecule has 0 amide bonds. The van der Waals surface area contributed by atoms with E-state index in [2.05, 4.69) is 123 Å². The molecule has 5 nitrogen and oxygen atoms in total. The van der Waals surface area contributed by atoms with Crippen molar-refractivity contribution < 1.29 is 30.0 Å². The zero-order chi connectivity index (χ0) is 42.6. The Labute approximate surface area is 352 Å².